The zero-order chi connectivity index (χ0) is 70.4. The molecule has 1 saturated heterocycles. The Labute approximate surface area is 654 Å². The molecule has 1 aliphatic rings. The van der Waals surface area contributed by atoms with E-state index in [1.165, 1.54) is 112 Å². The van der Waals surface area contributed by atoms with Crippen molar-refractivity contribution in [1.82, 2.24) is 0 Å². The van der Waals surface area contributed by atoms with Gasteiger partial charge >= 0.3 is 29.6 Å². The van der Waals surface area contributed by atoms with Gasteiger partial charge in [0.2, 0.25) is 0 Å². The topological polar surface area (TPSA) is 54.0 Å². The van der Waals surface area contributed by atoms with E-state index in [0.29, 0.717) is 0 Å². The van der Waals surface area contributed by atoms with Gasteiger partial charge in [-0.2, -0.15) is 0 Å². The fourth-order valence-electron chi connectivity index (χ4n) is 11.9. The number of hydrogen-bond donors (Lipinski definition) is 0. The maximum Gasteiger partial charge on any atom is 1.00 e. The third-order valence-corrected chi connectivity index (χ3v) is 26.0. The van der Waals surface area contributed by atoms with Gasteiger partial charge in [0.25, 0.3) is 0 Å². The van der Waals surface area contributed by atoms with Crippen molar-refractivity contribution in [1.29, 1.82) is 0 Å². The summed E-state index contributed by atoms with van der Waals surface area (Å²) in [7, 11) is -3.72. The van der Waals surface area contributed by atoms with E-state index >= 15 is 0 Å². The summed E-state index contributed by atoms with van der Waals surface area (Å²) in [5, 5.41) is 8.48. The van der Waals surface area contributed by atoms with Crippen molar-refractivity contribution in [2.45, 2.75) is 104 Å². The van der Waals surface area contributed by atoms with Crippen LogP contribution in [0.3, 0.4) is 0 Å². The van der Waals surface area contributed by atoms with Gasteiger partial charge in [-0.3, -0.25) is 4.79 Å². The fourth-order valence-corrected chi connectivity index (χ4v) is 20.4. The van der Waals surface area contributed by atoms with Crippen LogP contribution in [0, 0.1) is 0 Å². The van der Waals surface area contributed by atoms with E-state index in [1.54, 1.807) is 6.08 Å². The molecule has 0 aromatic heterocycles. The van der Waals surface area contributed by atoms with E-state index in [0.717, 1.165) is 93.7 Å². The van der Waals surface area contributed by atoms with Crippen molar-refractivity contribution in [2.24, 2.45) is 0 Å². The monoisotopic (exact) mass is 1480 g/mol. The van der Waals surface area contributed by atoms with E-state index in [9.17, 15) is 4.79 Å². The first-order chi connectivity index (χ1) is 50.0. The molecule has 103 heavy (non-hydrogen) atoms. The second-order valence-corrected chi connectivity index (χ2v) is 31.8. The molecule has 1 heterocycles. The van der Waals surface area contributed by atoms with Gasteiger partial charge in [0, 0.05) is 14.6 Å². The SMILES string of the molecule is Br.C1CCOC1.CCCCCOc1ccc(C=C/C=C/c2ccccc2)cc1.CCCCCOc1ccc(C[P+](c2ccccc2)(c2ccccc2)c2ccccc2)cc1.CCCCCOc1ccc(C[P+](c2ccccc2)(c2ccccc2)c2ccccc2)cc1.O=C/C=C/c1ccccc1.[2HH].[H-].[Na+]. The summed E-state index contributed by atoms with van der Waals surface area (Å²) in [5.41, 5.74) is 6.13. The molecule has 0 radical (unpaired) electrons. The molecule has 0 spiro atoms. The van der Waals surface area contributed by atoms with Crippen molar-refractivity contribution in [3.8, 4) is 17.2 Å². The van der Waals surface area contributed by atoms with E-state index in [2.05, 4.69) is 300 Å². The molecule has 1 fully saturated rings. The van der Waals surface area contributed by atoms with E-state index in [1.807, 2.05) is 60.7 Å². The third-order valence-electron chi connectivity index (χ3n) is 17.3. The van der Waals surface area contributed by atoms with Gasteiger partial charge in [0.1, 0.15) is 69.9 Å². The molecule has 0 aliphatic carbocycles. The van der Waals surface area contributed by atoms with Gasteiger partial charge in [-0.1, -0.05) is 296 Å². The molecular formula is C94H108BrNaO5P2+2. The Morgan fingerprint density at radius 1 is 0.330 bits per heavy atom. The summed E-state index contributed by atoms with van der Waals surface area (Å²) in [6.07, 6.45) is 27.5. The van der Waals surface area contributed by atoms with Crippen LogP contribution in [0.2, 0.25) is 0 Å². The summed E-state index contributed by atoms with van der Waals surface area (Å²) < 4.78 is 22.6. The van der Waals surface area contributed by atoms with Gasteiger partial charge < -0.3 is 20.4 Å². The number of allylic oxidation sites excluding steroid dienone is 3. The Morgan fingerprint density at radius 3 is 0.816 bits per heavy atom. The average Bonchev–Trinajstić information content (AvgIpc) is 0.999. The van der Waals surface area contributed by atoms with Crippen LogP contribution in [0.4, 0.5) is 0 Å². The smallest absolute Gasteiger partial charge is 1.00 e. The fraction of sp³-hybridized carbons (Fsp3) is 0.223. The largest absolute Gasteiger partial charge is 1.00 e. The van der Waals surface area contributed by atoms with Crippen molar-refractivity contribution in [3.05, 3.63) is 361 Å². The second kappa shape index (κ2) is 50.4. The Balaban J connectivity index is 0.000000301. The molecule has 11 aromatic carbocycles. The Bertz CT molecular complexity index is 3650. The number of carbonyl (C=O) groups is 1. The number of rotatable bonds is 30. The van der Waals surface area contributed by atoms with Crippen molar-refractivity contribution >= 4 is 87.8 Å². The number of hydrogen-bond acceptors (Lipinski definition) is 5. The first-order valence-corrected chi connectivity index (χ1v) is 40.3. The van der Waals surface area contributed by atoms with Crippen LogP contribution in [0.5, 0.6) is 17.2 Å². The number of aldehydes is 1. The predicted molar refractivity (Wildman–Crippen MR) is 452 cm³/mol. The summed E-state index contributed by atoms with van der Waals surface area (Å²) in [4.78, 5) is 9.89. The molecule has 0 amide bonds. The van der Waals surface area contributed by atoms with Crippen LogP contribution in [0.25, 0.3) is 18.2 Å². The third kappa shape index (κ3) is 28.9. The number of benzene rings is 11. The number of halogens is 1. The molecule has 530 valence electrons. The van der Waals surface area contributed by atoms with E-state index < -0.39 is 14.5 Å². The molecule has 9 heteroatoms. The minimum Gasteiger partial charge on any atom is -1.00 e. The van der Waals surface area contributed by atoms with Gasteiger partial charge in [-0.25, -0.2) is 0 Å². The summed E-state index contributed by atoms with van der Waals surface area (Å²) in [6, 6.07) is 112. The number of ether oxygens (including phenoxy) is 4. The van der Waals surface area contributed by atoms with Crippen molar-refractivity contribution in [2.75, 3.05) is 33.0 Å². The van der Waals surface area contributed by atoms with Crippen molar-refractivity contribution in [3.63, 3.8) is 0 Å². The first-order valence-electron chi connectivity index (χ1n) is 36.4. The van der Waals surface area contributed by atoms with Gasteiger partial charge in [-0.15, -0.1) is 17.0 Å². The Hall–Kier alpha value is -7.99. The van der Waals surface area contributed by atoms with Gasteiger partial charge in [0.05, 0.1) is 32.1 Å². The zero-order valence-electron chi connectivity index (χ0n) is 62.1. The van der Waals surface area contributed by atoms with Gasteiger partial charge in [-0.05, 0) is 175 Å². The minimum absolute atomic E-state index is 0. The standard InChI is InChI=1S/2C30H32OP.C21H24O.C9H8O.C4H8O.BrH.Na.H2.H/c2*1-2-3-13-24-31-27-22-20-26(21-23-27)25-32(28-14-7-4-8-15-28,29-16-9-5-10-17-29)30-18-11-6-12-19-30;1-2-3-9-18-22-21-16-14-20(15-17-21)13-8-7-12-19-10-5-4-6-11-19;10-8-4-7-9-5-2-1-3-6-9;1-2-4-5-3-1;;;;/h2*4-12,14-23H,2-3,13,24-25H2,1H3;4-8,10-17H,2-3,9,18H2,1H3;1-8H;1-4H2;1H;;1H;/q2*+1;;;;;+1;;-1/b;;12-7+,13-8?;7-4+;;;;;/i;;;;;;;1+1;. The van der Waals surface area contributed by atoms with E-state index in [4.69, 9.17) is 18.9 Å². The summed E-state index contributed by atoms with van der Waals surface area (Å²) >= 11 is 0. The van der Waals surface area contributed by atoms with Crippen LogP contribution >= 0.6 is 31.5 Å². The molecule has 0 bridgehead atoms. The molecule has 0 saturated carbocycles. The molecule has 0 atom stereocenters. The molecule has 11 aromatic rings. The number of unbranched alkanes of at least 4 members (excludes halogenated alkanes) is 6. The number of carbonyl (C=O) groups excluding carboxylic acids is 1. The molecule has 1 aliphatic heterocycles. The van der Waals surface area contributed by atoms with Crippen LogP contribution in [0.1, 0.15) is 122 Å². The van der Waals surface area contributed by atoms with Crippen LogP contribution in [0.15, 0.2) is 334 Å². The maximum atomic E-state index is 9.89. The maximum absolute atomic E-state index is 9.89. The second-order valence-electron chi connectivity index (χ2n) is 24.8. The average molecular weight is 1480 g/mol. The molecule has 5 nitrogen and oxygen atoms in total. The zero-order valence-corrected chi connectivity index (χ0v) is 66.6. The van der Waals surface area contributed by atoms with Gasteiger partial charge in [0.15, 0.2) is 0 Å². The quantitative estimate of drug-likeness (QED) is 0.0112. The van der Waals surface area contributed by atoms with Crippen LogP contribution in [-0.4, -0.2) is 39.3 Å². The molecular weight excluding hydrogens is 1370 g/mol. The predicted octanol–water partition coefficient (Wildman–Crippen LogP) is 20.1. The van der Waals surface area contributed by atoms with Crippen LogP contribution < -0.4 is 75.6 Å². The first kappa shape index (κ1) is 84.0. The summed E-state index contributed by atoms with van der Waals surface area (Å²) in [6.45, 7) is 11.0. The van der Waals surface area contributed by atoms with Crippen molar-refractivity contribution < 1.29 is 56.2 Å². The summed E-state index contributed by atoms with van der Waals surface area (Å²) in [5.74, 6) is 2.88. The van der Waals surface area contributed by atoms with Crippen LogP contribution in [-0.2, 0) is 21.9 Å². The van der Waals surface area contributed by atoms with E-state index in [-0.39, 0.29) is 49.4 Å². The normalized spacial score (nSPS) is 11.6. The Morgan fingerprint density at radius 2 is 0.573 bits per heavy atom. The molecule has 12 rings (SSSR count). The minimum atomic E-state index is -1.86. The Kier molecular flexibility index (Phi) is 41.1. The molecule has 0 N–H and O–H groups in total. The molecule has 0 unspecified atom stereocenters.